The van der Waals surface area contributed by atoms with E-state index in [1.165, 1.54) is 6.92 Å². The van der Waals surface area contributed by atoms with Crippen LogP contribution in [0.25, 0.3) is 0 Å². The second-order valence-corrected chi connectivity index (χ2v) is 3.23. The van der Waals surface area contributed by atoms with E-state index in [-0.39, 0.29) is 5.56 Å². The highest BCUT2D eigenvalue weighted by molar-refractivity contribution is 5.56. The molecule has 0 spiro atoms. The van der Waals surface area contributed by atoms with E-state index >= 15 is 0 Å². The lowest BCUT2D eigenvalue weighted by molar-refractivity contribution is -0.138. The standard InChI is InChI=1S/C10H12F3N.C2H6/c1-6-4-8(10(11,12)13)7(2)9(5-6)14-3;1-2/h4-5,14H,1-3H3;1-2H3. The molecule has 0 saturated carbocycles. The molecule has 0 fully saturated rings. The molecule has 0 heterocycles. The Bertz CT molecular complexity index is 343. The van der Waals surface area contributed by atoms with E-state index in [1.807, 2.05) is 13.8 Å². The second kappa shape index (κ2) is 5.77. The first-order chi connectivity index (χ1) is 7.36. The van der Waals surface area contributed by atoms with Crippen LogP contribution in [-0.4, -0.2) is 7.05 Å². The van der Waals surface area contributed by atoms with Crippen molar-refractivity contribution in [3.63, 3.8) is 0 Å². The minimum atomic E-state index is -4.28. The van der Waals surface area contributed by atoms with Crippen molar-refractivity contribution >= 4 is 5.69 Å². The van der Waals surface area contributed by atoms with Gasteiger partial charge in [0.05, 0.1) is 5.56 Å². The molecule has 92 valence electrons. The average Bonchev–Trinajstić information content (AvgIpc) is 2.22. The molecule has 1 rings (SSSR count). The maximum Gasteiger partial charge on any atom is 0.416 e. The Morgan fingerprint density at radius 3 is 1.94 bits per heavy atom. The summed E-state index contributed by atoms with van der Waals surface area (Å²) in [7, 11) is 1.61. The summed E-state index contributed by atoms with van der Waals surface area (Å²) >= 11 is 0. The van der Waals surface area contributed by atoms with Crippen molar-refractivity contribution in [3.8, 4) is 0 Å². The number of halogens is 3. The third-order valence-corrected chi connectivity index (χ3v) is 2.13. The number of alkyl halides is 3. The molecule has 0 bridgehead atoms. The van der Waals surface area contributed by atoms with Crippen LogP contribution in [0.4, 0.5) is 18.9 Å². The number of hydrogen-bond donors (Lipinski definition) is 1. The molecule has 4 heteroatoms. The van der Waals surface area contributed by atoms with Gasteiger partial charge in [-0.2, -0.15) is 13.2 Å². The first kappa shape index (κ1) is 14.8. The van der Waals surface area contributed by atoms with Gasteiger partial charge in [-0.25, -0.2) is 0 Å². The van der Waals surface area contributed by atoms with Crippen LogP contribution in [0.1, 0.15) is 30.5 Å². The Balaban J connectivity index is 0.00000106. The topological polar surface area (TPSA) is 12.0 Å². The lowest BCUT2D eigenvalue weighted by atomic mass is 10.0. The number of aryl methyl sites for hydroxylation is 1. The largest absolute Gasteiger partial charge is 0.416 e. The molecule has 1 N–H and O–H groups in total. The molecule has 1 aromatic carbocycles. The Hall–Kier alpha value is -1.19. The fourth-order valence-electron chi connectivity index (χ4n) is 1.41. The van der Waals surface area contributed by atoms with E-state index in [2.05, 4.69) is 5.32 Å². The zero-order valence-electron chi connectivity index (χ0n) is 10.3. The van der Waals surface area contributed by atoms with Gasteiger partial charge in [0.2, 0.25) is 0 Å². The van der Waals surface area contributed by atoms with Crippen molar-refractivity contribution in [2.75, 3.05) is 12.4 Å². The summed E-state index contributed by atoms with van der Waals surface area (Å²) in [6.45, 7) is 7.11. The summed E-state index contributed by atoms with van der Waals surface area (Å²) in [4.78, 5) is 0. The summed E-state index contributed by atoms with van der Waals surface area (Å²) in [5.74, 6) is 0. The SMILES string of the molecule is CC.CNc1cc(C)cc(C(F)(F)F)c1C. The van der Waals surface area contributed by atoms with Crippen LogP contribution in [0.2, 0.25) is 0 Å². The van der Waals surface area contributed by atoms with Gasteiger partial charge in [0.25, 0.3) is 0 Å². The molecular weight excluding hydrogens is 215 g/mol. The van der Waals surface area contributed by atoms with Crippen molar-refractivity contribution in [2.24, 2.45) is 0 Å². The van der Waals surface area contributed by atoms with Crippen LogP contribution in [0.15, 0.2) is 12.1 Å². The number of benzene rings is 1. The molecule has 0 saturated heterocycles. The van der Waals surface area contributed by atoms with E-state index in [4.69, 9.17) is 0 Å². The lowest BCUT2D eigenvalue weighted by Crippen LogP contribution is -2.09. The summed E-state index contributed by atoms with van der Waals surface area (Å²) < 4.78 is 37.6. The van der Waals surface area contributed by atoms with Gasteiger partial charge in [-0.1, -0.05) is 13.8 Å². The Kier molecular flexibility index (Phi) is 5.35. The molecule has 1 nitrogen and oxygen atoms in total. The lowest BCUT2D eigenvalue weighted by Gasteiger charge is -2.14. The second-order valence-electron chi connectivity index (χ2n) is 3.23. The van der Waals surface area contributed by atoms with E-state index < -0.39 is 11.7 Å². The molecule has 0 aromatic heterocycles. The number of anilines is 1. The quantitative estimate of drug-likeness (QED) is 0.758. The van der Waals surface area contributed by atoms with Crippen molar-refractivity contribution in [3.05, 3.63) is 28.8 Å². The van der Waals surface area contributed by atoms with Gasteiger partial charge in [0.1, 0.15) is 0 Å². The average molecular weight is 233 g/mol. The first-order valence-electron chi connectivity index (χ1n) is 5.22. The van der Waals surface area contributed by atoms with Gasteiger partial charge in [-0.15, -0.1) is 0 Å². The van der Waals surface area contributed by atoms with Gasteiger partial charge in [0.15, 0.2) is 0 Å². The van der Waals surface area contributed by atoms with Crippen LogP contribution < -0.4 is 5.32 Å². The zero-order valence-corrected chi connectivity index (χ0v) is 10.3. The minimum Gasteiger partial charge on any atom is -0.388 e. The number of nitrogens with one attached hydrogen (secondary N) is 1. The van der Waals surface area contributed by atoms with Crippen LogP contribution in [0, 0.1) is 13.8 Å². The maximum atomic E-state index is 12.5. The number of hydrogen-bond acceptors (Lipinski definition) is 1. The fourth-order valence-corrected chi connectivity index (χ4v) is 1.41. The van der Waals surface area contributed by atoms with Crippen LogP contribution in [-0.2, 0) is 6.18 Å². The first-order valence-corrected chi connectivity index (χ1v) is 5.22. The molecule has 0 aliphatic rings. The smallest absolute Gasteiger partial charge is 0.388 e. The van der Waals surface area contributed by atoms with E-state index in [0.29, 0.717) is 11.3 Å². The van der Waals surface area contributed by atoms with Gasteiger partial charge < -0.3 is 5.32 Å². The van der Waals surface area contributed by atoms with Crippen LogP contribution >= 0.6 is 0 Å². The molecule has 0 radical (unpaired) electrons. The van der Waals surface area contributed by atoms with Crippen molar-refractivity contribution in [2.45, 2.75) is 33.9 Å². The van der Waals surface area contributed by atoms with Gasteiger partial charge >= 0.3 is 6.18 Å². The Labute approximate surface area is 94.7 Å². The molecule has 1 aromatic rings. The van der Waals surface area contributed by atoms with Gasteiger partial charge in [-0.3, -0.25) is 0 Å². The highest BCUT2D eigenvalue weighted by Gasteiger charge is 2.33. The predicted molar refractivity (Wildman–Crippen MR) is 61.8 cm³/mol. The van der Waals surface area contributed by atoms with E-state index in [1.54, 1.807) is 20.0 Å². The monoisotopic (exact) mass is 233 g/mol. The molecule has 0 aliphatic heterocycles. The van der Waals surface area contributed by atoms with Crippen molar-refractivity contribution in [1.82, 2.24) is 0 Å². The molecule has 16 heavy (non-hydrogen) atoms. The number of rotatable bonds is 1. The molecule has 0 unspecified atom stereocenters. The zero-order chi connectivity index (χ0) is 12.9. The molecule has 0 atom stereocenters. The third kappa shape index (κ3) is 3.43. The van der Waals surface area contributed by atoms with Crippen LogP contribution in [0.5, 0.6) is 0 Å². The van der Waals surface area contributed by atoms with Crippen LogP contribution in [0.3, 0.4) is 0 Å². The molecule has 0 aliphatic carbocycles. The van der Waals surface area contributed by atoms with Gasteiger partial charge in [0, 0.05) is 12.7 Å². The van der Waals surface area contributed by atoms with E-state index in [9.17, 15) is 13.2 Å². The summed E-state index contributed by atoms with van der Waals surface area (Å²) in [5.41, 5.74) is 0.803. The molecule has 0 amide bonds. The fraction of sp³-hybridized carbons (Fsp3) is 0.500. The van der Waals surface area contributed by atoms with Crippen molar-refractivity contribution in [1.29, 1.82) is 0 Å². The maximum absolute atomic E-state index is 12.5. The summed E-state index contributed by atoms with van der Waals surface area (Å²) in [6.07, 6.45) is -4.28. The Morgan fingerprint density at radius 2 is 1.56 bits per heavy atom. The predicted octanol–water partition coefficient (Wildman–Crippen LogP) is 4.39. The Morgan fingerprint density at radius 1 is 1.06 bits per heavy atom. The van der Waals surface area contributed by atoms with Crippen molar-refractivity contribution < 1.29 is 13.2 Å². The summed E-state index contributed by atoms with van der Waals surface area (Å²) in [5, 5.41) is 2.75. The minimum absolute atomic E-state index is 0.241. The third-order valence-electron chi connectivity index (χ3n) is 2.13. The molecular formula is C12H18F3N. The van der Waals surface area contributed by atoms with Gasteiger partial charge in [-0.05, 0) is 37.1 Å². The normalized spacial score (nSPS) is 10.5. The van der Waals surface area contributed by atoms with E-state index in [0.717, 1.165) is 6.07 Å². The highest BCUT2D eigenvalue weighted by Crippen LogP contribution is 2.35. The summed E-state index contributed by atoms with van der Waals surface area (Å²) in [6, 6.07) is 2.86. The highest BCUT2D eigenvalue weighted by atomic mass is 19.4.